The Labute approximate surface area is 159 Å². The van der Waals surface area contributed by atoms with Crippen molar-refractivity contribution < 1.29 is 26.3 Å². The van der Waals surface area contributed by atoms with Crippen molar-refractivity contribution in [2.45, 2.75) is 17.5 Å². The quantitative estimate of drug-likeness (QED) is 0.699. The fourth-order valence-electron chi connectivity index (χ4n) is 2.64. The maximum Gasteiger partial charge on any atom is 0.435 e. The molecular weight excluding hydrogens is 395 g/mol. The number of methoxy groups -OCH3 is 1. The molecule has 28 heavy (non-hydrogen) atoms. The van der Waals surface area contributed by atoms with Crippen molar-refractivity contribution >= 4 is 10.0 Å². The van der Waals surface area contributed by atoms with Crippen LogP contribution < -0.4 is 9.88 Å². The lowest BCUT2D eigenvalue weighted by Crippen LogP contribution is -2.12. The molecule has 0 aliphatic rings. The smallest absolute Gasteiger partial charge is 0.435 e. The highest BCUT2D eigenvalue weighted by atomic mass is 32.2. The predicted octanol–water partition coefficient (Wildman–Crippen LogP) is 3.14. The van der Waals surface area contributed by atoms with Crippen LogP contribution in [0.3, 0.4) is 0 Å². The molecule has 1 aromatic heterocycles. The highest BCUT2D eigenvalue weighted by molar-refractivity contribution is 7.89. The highest BCUT2D eigenvalue weighted by Gasteiger charge is 2.35. The zero-order valence-corrected chi connectivity index (χ0v) is 15.5. The summed E-state index contributed by atoms with van der Waals surface area (Å²) in [5.74, 6) is 0.631. The molecule has 10 heteroatoms. The van der Waals surface area contributed by atoms with Gasteiger partial charge in [-0.3, -0.25) is 0 Å². The summed E-state index contributed by atoms with van der Waals surface area (Å²) in [5, 5.41) is 8.71. The second-order valence-corrected chi connectivity index (χ2v) is 7.56. The fraction of sp³-hybridized carbons (Fsp3) is 0.167. The Kier molecular flexibility index (Phi) is 5.18. The van der Waals surface area contributed by atoms with Gasteiger partial charge in [0.15, 0.2) is 5.69 Å². The van der Waals surface area contributed by atoms with Crippen LogP contribution in [0.4, 0.5) is 13.2 Å². The second-order valence-electron chi connectivity index (χ2n) is 5.99. The van der Waals surface area contributed by atoms with E-state index < -0.39 is 21.9 Å². The van der Waals surface area contributed by atoms with Crippen molar-refractivity contribution in [2.75, 3.05) is 7.11 Å². The number of primary sulfonamides is 1. The number of nitrogens with two attached hydrogens (primary N) is 1. The molecule has 0 fully saturated rings. The molecule has 6 nitrogen and oxygen atoms in total. The Morgan fingerprint density at radius 1 is 1.07 bits per heavy atom. The van der Waals surface area contributed by atoms with E-state index in [1.165, 1.54) is 31.4 Å². The first-order chi connectivity index (χ1) is 13.1. The average molecular weight is 411 g/mol. The van der Waals surface area contributed by atoms with Gasteiger partial charge in [-0.2, -0.15) is 18.3 Å². The fourth-order valence-corrected chi connectivity index (χ4v) is 3.15. The molecule has 148 valence electrons. The van der Waals surface area contributed by atoms with E-state index in [-0.39, 0.29) is 17.0 Å². The van der Waals surface area contributed by atoms with Gasteiger partial charge in [0, 0.05) is 12.1 Å². The number of rotatable bonds is 5. The van der Waals surface area contributed by atoms with Crippen molar-refractivity contribution in [1.29, 1.82) is 0 Å². The third-order valence-corrected chi connectivity index (χ3v) is 4.96. The summed E-state index contributed by atoms with van der Waals surface area (Å²) in [6.45, 7) is 0. The van der Waals surface area contributed by atoms with Crippen molar-refractivity contribution in [3.63, 3.8) is 0 Å². The van der Waals surface area contributed by atoms with Crippen LogP contribution in [-0.2, 0) is 22.6 Å². The van der Waals surface area contributed by atoms with Gasteiger partial charge < -0.3 is 4.74 Å². The van der Waals surface area contributed by atoms with Gasteiger partial charge in [0.05, 0.1) is 17.7 Å². The molecule has 3 rings (SSSR count). The number of hydrogen-bond acceptors (Lipinski definition) is 4. The van der Waals surface area contributed by atoms with Crippen molar-refractivity contribution in [3.8, 4) is 11.4 Å². The van der Waals surface area contributed by atoms with Crippen LogP contribution in [0.1, 0.15) is 17.0 Å². The van der Waals surface area contributed by atoms with Gasteiger partial charge in [0.25, 0.3) is 0 Å². The summed E-state index contributed by atoms with van der Waals surface area (Å²) in [6, 6.07) is 13.0. The van der Waals surface area contributed by atoms with Crippen LogP contribution >= 0.6 is 0 Å². The molecular formula is C18H16F3N3O3S. The van der Waals surface area contributed by atoms with E-state index in [9.17, 15) is 21.6 Å². The van der Waals surface area contributed by atoms with Crippen LogP contribution in [0, 0.1) is 0 Å². The Morgan fingerprint density at radius 3 is 2.18 bits per heavy atom. The minimum atomic E-state index is -4.61. The number of sulfonamides is 1. The van der Waals surface area contributed by atoms with E-state index in [2.05, 4.69) is 5.10 Å². The van der Waals surface area contributed by atoms with Crippen molar-refractivity contribution in [2.24, 2.45) is 5.14 Å². The zero-order chi connectivity index (χ0) is 20.5. The average Bonchev–Trinajstić information content (AvgIpc) is 3.06. The predicted molar refractivity (Wildman–Crippen MR) is 95.7 cm³/mol. The molecule has 0 aliphatic heterocycles. The number of benzene rings is 2. The minimum Gasteiger partial charge on any atom is -0.497 e. The maximum atomic E-state index is 13.2. The van der Waals surface area contributed by atoms with Gasteiger partial charge >= 0.3 is 6.18 Å². The summed E-state index contributed by atoms with van der Waals surface area (Å²) in [5.41, 5.74) is 0.302. The number of halogens is 3. The van der Waals surface area contributed by atoms with E-state index >= 15 is 0 Å². The van der Waals surface area contributed by atoms with E-state index in [0.717, 1.165) is 16.3 Å². The lowest BCUT2D eigenvalue weighted by Gasteiger charge is -2.09. The molecule has 0 unspecified atom stereocenters. The zero-order valence-electron chi connectivity index (χ0n) is 14.6. The van der Waals surface area contributed by atoms with Gasteiger partial charge in [-0.15, -0.1) is 0 Å². The number of aromatic nitrogens is 2. The Bertz CT molecular complexity index is 1070. The van der Waals surface area contributed by atoms with E-state index in [4.69, 9.17) is 9.88 Å². The minimum absolute atomic E-state index is 0.142. The number of ether oxygens (including phenoxy) is 1. The van der Waals surface area contributed by atoms with E-state index in [1.807, 2.05) is 0 Å². The van der Waals surface area contributed by atoms with Gasteiger partial charge in [-0.05, 0) is 48.0 Å². The largest absolute Gasteiger partial charge is 0.497 e. The van der Waals surface area contributed by atoms with Crippen LogP contribution in [0.5, 0.6) is 5.75 Å². The Morgan fingerprint density at radius 2 is 1.68 bits per heavy atom. The monoisotopic (exact) mass is 411 g/mol. The van der Waals surface area contributed by atoms with Gasteiger partial charge in [-0.25, -0.2) is 18.2 Å². The summed E-state index contributed by atoms with van der Waals surface area (Å²) in [7, 11) is -2.39. The lowest BCUT2D eigenvalue weighted by molar-refractivity contribution is -0.141. The summed E-state index contributed by atoms with van der Waals surface area (Å²) < 4.78 is 68.5. The third-order valence-electron chi connectivity index (χ3n) is 4.03. The van der Waals surface area contributed by atoms with Gasteiger partial charge in [-0.1, -0.05) is 12.1 Å². The first kappa shape index (κ1) is 19.9. The molecule has 0 saturated carbocycles. The molecule has 0 atom stereocenters. The molecule has 0 radical (unpaired) electrons. The van der Waals surface area contributed by atoms with Crippen molar-refractivity contribution in [3.05, 3.63) is 71.5 Å². The molecule has 2 aromatic carbocycles. The third kappa shape index (κ3) is 4.34. The second kappa shape index (κ2) is 7.28. The van der Waals surface area contributed by atoms with Gasteiger partial charge in [0.2, 0.25) is 10.0 Å². The molecule has 3 aromatic rings. The first-order valence-corrected chi connectivity index (χ1v) is 9.55. The number of alkyl halides is 3. The lowest BCUT2D eigenvalue weighted by atomic mass is 10.1. The summed E-state index contributed by atoms with van der Waals surface area (Å²) in [6.07, 6.45) is -4.43. The Hall–Kier alpha value is -2.85. The summed E-state index contributed by atoms with van der Waals surface area (Å²) >= 11 is 0. The summed E-state index contributed by atoms with van der Waals surface area (Å²) in [4.78, 5) is -0.142. The normalized spacial score (nSPS) is 12.2. The molecule has 2 N–H and O–H groups in total. The van der Waals surface area contributed by atoms with Crippen molar-refractivity contribution in [1.82, 2.24) is 9.78 Å². The van der Waals surface area contributed by atoms with Gasteiger partial charge in [0.1, 0.15) is 5.75 Å². The van der Waals surface area contributed by atoms with E-state index in [0.29, 0.717) is 11.4 Å². The molecule has 0 bridgehead atoms. The molecule has 1 heterocycles. The molecule has 0 saturated heterocycles. The van der Waals surface area contributed by atoms with Crippen LogP contribution in [0.25, 0.3) is 5.69 Å². The Balaban J connectivity index is 2.02. The molecule has 0 aliphatic carbocycles. The highest BCUT2D eigenvalue weighted by Crippen LogP contribution is 2.30. The van der Waals surface area contributed by atoms with Crippen LogP contribution in [-0.4, -0.2) is 25.3 Å². The van der Waals surface area contributed by atoms with Crippen LogP contribution in [0.15, 0.2) is 59.5 Å². The van der Waals surface area contributed by atoms with Crippen LogP contribution in [0.2, 0.25) is 0 Å². The number of hydrogen-bond donors (Lipinski definition) is 1. The number of nitrogens with zero attached hydrogens (tertiary/aromatic N) is 2. The first-order valence-electron chi connectivity index (χ1n) is 8.00. The topological polar surface area (TPSA) is 87.2 Å². The van der Waals surface area contributed by atoms with E-state index in [1.54, 1.807) is 24.3 Å². The molecule has 0 spiro atoms. The molecule has 0 amide bonds. The SMILES string of the molecule is COc1ccc(Cc2cc(C(F)(F)F)nn2-c2ccc(S(N)(=O)=O)cc2)cc1. The maximum absolute atomic E-state index is 13.2. The standard InChI is InChI=1S/C18H16F3N3O3S/c1-27-15-6-2-12(3-7-15)10-14-11-17(18(19,20)21)23-24(14)13-4-8-16(9-5-13)28(22,25)26/h2-9,11H,10H2,1H3,(H2,22,25,26).